The number of halogens is 3. The van der Waals surface area contributed by atoms with Crippen molar-refractivity contribution in [1.82, 2.24) is 0 Å². The summed E-state index contributed by atoms with van der Waals surface area (Å²) in [6.45, 7) is 4.39. The number of morpholine rings is 1. The van der Waals surface area contributed by atoms with E-state index in [2.05, 4.69) is 34.5 Å². The van der Waals surface area contributed by atoms with E-state index >= 15 is 0 Å². The van der Waals surface area contributed by atoms with Gasteiger partial charge in [0.25, 0.3) is 0 Å². The fraction of sp³-hybridized carbons (Fsp3) is 0.250. The lowest BCUT2D eigenvalue weighted by Crippen LogP contribution is -2.36. The van der Waals surface area contributed by atoms with Crippen LogP contribution in [0.4, 0.5) is 11.4 Å². The molecule has 0 amide bonds. The van der Waals surface area contributed by atoms with Crippen molar-refractivity contribution in [3.05, 3.63) is 86.9 Å². The molecule has 3 aromatic carbocycles. The van der Waals surface area contributed by atoms with Crippen molar-refractivity contribution in [3.8, 4) is 5.75 Å². The van der Waals surface area contributed by atoms with Gasteiger partial charge in [-0.2, -0.15) is 0 Å². The molecule has 1 aliphatic rings. The molecule has 1 N–H and O–H groups in total. The average Bonchev–Trinajstić information content (AvgIpc) is 2.80. The van der Waals surface area contributed by atoms with Gasteiger partial charge in [0.1, 0.15) is 12.4 Å². The molecular formula is C24H23Cl3N2O2. The van der Waals surface area contributed by atoms with Gasteiger partial charge in [-0.1, -0.05) is 40.9 Å². The molecule has 1 aliphatic heterocycles. The van der Waals surface area contributed by atoms with Gasteiger partial charge >= 0.3 is 0 Å². The Balaban J connectivity index is 1.39. The highest BCUT2D eigenvalue weighted by Crippen LogP contribution is 2.27. The van der Waals surface area contributed by atoms with Crippen molar-refractivity contribution < 1.29 is 9.47 Å². The van der Waals surface area contributed by atoms with Crippen LogP contribution >= 0.6 is 34.8 Å². The smallest absolute Gasteiger partial charge is 0.124 e. The molecule has 1 saturated heterocycles. The molecular weight excluding hydrogens is 455 g/mol. The Morgan fingerprint density at radius 2 is 1.65 bits per heavy atom. The van der Waals surface area contributed by atoms with E-state index in [-0.39, 0.29) is 0 Å². The van der Waals surface area contributed by atoms with E-state index in [1.807, 2.05) is 30.3 Å². The van der Waals surface area contributed by atoms with Crippen molar-refractivity contribution in [1.29, 1.82) is 0 Å². The molecule has 1 heterocycles. The topological polar surface area (TPSA) is 33.7 Å². The Morgan fingerprint density at radius 3 is 2.39 bits per heavy atom. The van der Waals surface area contributed by atoms with Gasteiger partial charge in [-0.25, -0.2) is 0 Å². The third-order valence-electron chi connectivity index (χ3n) is 5.13. The van der Waals surface area contributed by atoms with Gasteiger partial charge in [-0.05, 0) is 60.2 Å². The minimum atomic E-state index is 0.389. The maximum absolute atomic E-state index is 6.23. The number of rotatable bonds is 7. The molecule has 0 atom stereocenters. The zero-order chi connectivity index (χ0) is 21.6. The largest absolute Gasteiger partial charge is 0.489 e. The molecule has 31 heavy (non-hydrogen) atoms. The summed E-state index contributed by atoms with van der Waals surface area (Å²) in [7, 11) is 0. The second-order valence-electron chi connectivity index (χ2n) is 7.29. The highest BCUT2D eigenvalue weighted by molar-refractivity contribution is 6.42. The van der Waals surface area contributed by atoms with Gasteiger partial charge in [0.05, 0.1) is 23.3 Å². The van der Waals surface area contributed by atoms with Crippen LogP contribution in [0, 0.1) is 0 Å². The number of nitrogens with zero attached hydrogens (tertiary/aromatic N) is 1. The van der Waals surface area contributed by atoms with Gasteiger partial charge in [-0.15, -0.1) is 0 Å². The number of benzene rings is 3. The highest BCUT2D eigenvalue weighted by atomic mass is 35.5. The molecule has 4 nitrogen and oxygen atoms in total. The van der Waals surface area contributed by atoms with Crippen LogP contribution in [0.3, 0.4) is 0 Å². The third-order valence-corrected chi connectivity index (χ3v) is 6.10. The number of hydrogen-bond acceptors (Lipinski definition) is 4. The maximum atomic E-state index is 6.23. The Labute approximate surface area is 197 Å². The van der Waals surface area contributed by atoms with Crippen molar-refractivity contribution in [2.24, 2.45) is 0 Å². The van der Waals surface area contributed by atoms with Gasteiger partial charge < -0.3 is 19.7 Å². The van der Waals surface area contributed by atoms with Gasteiger partial charge in [-0.3, -0.25) is 0 Å². The van der Waals surface area contributed by atoms with E-state index in [1.165, 1.54) is 5.69 Å². The number of nitrogens with one attached hydrogen (secondary N) is 1. The van der Waals surface area contributed by atoms with E-state index < -0.39 is 0 Å². The maximum Gasteiger partial charge on any atom is 0.124 e. The molecule has 3 aromatic rings. The molecule has 0 aliphatic carbocycles. The summed E-state index contributed by atoms with van der Waals surface area (Å²) < 4.78 is 11.5. The third kappa shape index (κ3) is 5.98. The molecule has 1 fully saturated rings. The van der Waals surface area contributed by atoms with Gasteiger partial charge in [0.2, 0.25) is 0 Å². The molecule has 0 radical (unpaired) electrons. The Hall–Kier alpha value is -2.11. The van der Waals surface area contributed by atoms with E-state index in [9.17, 15) is 0 Å². The van der Waals surface area contributed by atoms with Crippen LogP contribution < -0.4 is 15.0 Å². The first-order valence-electron chi connectivity index (χ1n) is 10.1. The minimum absolute atomic E-state index is 0.389. The van der Waals surface area contributed by atoms with Gasteiger partial charge in [0, 0.05) is 41.6 Å². The molecule has 0 spiro atoms. The van der Waals surface area contributed by atoms with Crippen molar-refractivity contribution in [3.63, 3.8) is 0 Å². The number of hydrogen-bond donors (Lipinski definition) is 1. The fourth-order valence-electron chi connectivity index (χ4n) is 3.43. The van der Waals surface area contributed by atoms with Crippen molar-refractivity contribution >= 4 is 46.2 Å². The molecule has 0 saturated carbocycles. The summed E-state index contributed by atoms with van der Waals surface area (Å²) in [6, 6.07) is 19.6. The summed E-state index contributed by atoms with van der Waals surface area (Å²) in [5.41, 5.74) is 4.17. The normalized spacial score (nSPS) is 13.8. The second-order valence-corrected chi connectivity index (χ2v) is 8.54. The zero-order valence-corrected chi connectivity index (χ0v) is 19.2. The summed E-state index contributed by atoms with van der Waals surface area (Å²) in [4.78, 5) is 2.33. The molecule has 0 aromatic heterocycles. The minimum Gasteiger partial charge on any atom is -0.489 e. The quantitative estimate of drug-likeness (QED) is 0.412. The monoisotopic (exact) mass is 476 g/mol. The number of ether oxygens (including phenoxy) is 2. The van der Waals surface area contributed by atoms with Crippen LogP contribution in [0.5, 0.6) is 5.75 Å². The lowest BCUT2D eigenvalue weighted by Gasteiger charge is -2.29. The SMILES string of the molecule is Clc1ccc(OCc2ccc(Cl)c(Cl)c2)c(CNc2ccc(N3CCOCC3)cc2)c1. The van der Waals surface area contributed by atoms with E-state index in [1.54, 1.807) is 6.07 Å². The first kappa shape index (κ1) is 22.1. The number of anilines is 2. The standard InChI is InChI=1S/C24H23Cl3N2O2/c25-19-2-8-24(31-16-17-1-7-22(26)23(27)13-17)18(14-19)15-28-20-3-5-21(6-4-20)29-9-11-30-12-10-29/h1-8,13-14,28H,9-12,15-16H2. The molecule has 0 unspecified atom stereocenters. The Kier molecular flexibility index (Phi) is 7.46. The van der Waals surface area contributed by atoms with Crippen LogP contribution in [0.25, 0.3) is 0 Å². The predicted octanol–water partition coefficient (Wildman–Crippen LogP) is 6.67. The second kappa shape index (κ2) is 10.5. The fourth-order valence-corrected chi connectivity index (χ4v) is 3.94. The van der Waals surface area contributed by atoms with E-state index in [0.29, 0.717) is 28.2 Å². The van der Waals surface area contributed by atoms with Gasteiger partial charge in [0.15, 0.2) is 0 Å². The summed E-state index contributed by atoms with van der Waals surface area (Å²) >= 11 is 18.3. The lowest BCUT2D eigenvalue weighted by atomic mass is 10.2. The zero-order valence-electron chi connectivity index (χ0n) is 16.9. The molecule has 4 rings (SSSR count). The predicted molar refractivity (Wildman–Crippen MR) is 129 cm³/mol. The van der Waals surface area contributed by atoms with E-state index in [0.717, 1.165) is 48.9 Å². The summed E-state index contributed by atoms with van der Waals surface area (Å²) in [6.07, 6.45) is 0. The molecule has 7 heteroatoms. The van der Waals surface area contributed by atoms with Crippen LogP contribution in [-0.4, -0.2) is 26.3 Å². The average molecular weight is 478 g/mol. The highest BCUT2D eigenvalue weighted by Gasteiger charge is 2.11. The summed E-state index contributed by atoms with van der Waals surface area (Å²) in [5, 5.41) is 5.17. The Morgan fingerprint density at radius 1 is 0.871 bits per heavy atom. The van der Waals surface area contributed by atoms with Crippen LogP contribution in [0.1, 0.15) is 11.1 Å². The van der Waals surface area contributed by atoms with Crippen molar-refractivity contribution in [2.45, 2.75) is 13.2 Å². The first-order valence-corrected chi connectivity index (χ1v) is 11.2. The van der Waals surface area contributed by atoms with Crippen LogP contribution in [-0.2, 0) is 17.9 Å². The Bertz CT molecular complexity index is 1020. The molecule has 0 bridgehead atoms. The first-order chi connectivity index (χ1) is 15.1. The lowest BCUT2D eigenvalue weighted by molar-refractivity contribution is 0.122. The van der Waals surface area contributed by atoms with Crippen LogP contribution in [0.15, 0.2) is 60.7 Å². The van der Waals surface area contributed by atoms with Crippen LogP contribution in [0.2, 0.25) is 15.1 Å². The van der Waals surface area contributed by atoms with Crippen molar-refractivity contribution in [2.75, 3.05) is 36.5 Å². The summed E-state index contributed by atoms with van der Waals surface area (Å²) in [5.74, 6) is 0.771. The molecule has 162 valence electrons. The van der Waals surface area contributed by atoms with E-state index in [4.69, 9.17) is 44.3 Å².